The molecule has 1 N–H and O–H groups in total. The molecule has 0 aliphatic heterocycles. The summed E-state index contributed by atoms with van der Waals surface area (Å²) in [4.78, 5) is 22.1. The third-order valence-corrected chi connectivity index (χ3v) is 3.62. The fourth-order valence-electron chi connectivity index (χ4n) is 2.17. The highest BCUT2D eigenvalue weighted by atomic mass is 35.5. The number of carbonyl (C=O) groups excluding carboxylic acids is 1. The number of non-ortho nitro benzene ring substituents is 1. The number of rotatable bonds is 8. The van der Waals surface area contributed by atoms with E-state index in [0.717, 1.165) is 0 Å². The molecule has 0 unspecified atom stereocenters. The number of nitrogens with one attached hydrogen (secondary N) is 1. The minimum absolute atomic E-state index is 0.0949. The zero-order chi connectivity index (χ0) is 19.8. The molecule has 0 aromatic heterocycles. The Morgan fingerprint density at radius 1 is 1.22 bits per heavy atom. The summed E-state index contributed by atoms with van der Waals surface area (Å²) < 4.78 is 11.0. The molecular weight excluding hydrogens is 374 g/mol. The Morgan fingerprint density at radius 3 is 2.48 bits per heavy atom. The summed E-state index contributed by atoms with van der Waals surface area (Å²) in [6.45, 7) is 4.57. The van der Waals surface area contributed by atoms with Crippen LogP contribution >= 0.6 is 11.6 Å². The van der Waals surface area contributed by atoms with Crippen molar-refractivity contribution in [1.29, 1.82) is 0 Å². The van der Waals surface area contributed by atoms with Crippen LogP contribution in [0, 0.1) is 10.1 Å². The minimum Gasteiger partial charge on any atom is -0.490 e. The molecule has 0 saturated carbocycles. The summed E-state index contributed by atoms with van der Waals surface area (Å²) in [7, 11) is 0. The molecule has 0 spiro atoms. The number of ether oxygens (including phenoxy) is 2. The molecule has 1 amide bonds. The van der Waals surface area contributed by atoms with E-state index in [1.165, 1.54) is 30.5 Å². The summed E-state index contributed by atoms with van der Waals surface area (Å²) in [6.07, 6.45) is 1.41. The van der Waals surface area contributed by atoms with Gasteiger partial charge in [0.15, 0.2) is 11.5 Å². The van der Waals surface area contributed by atoms with Gasteiger partial charge in [-0.25, -0.2) is 5.43 Å². The van der Waals surface area contributed by atoms with Gasteiger partial charge >= 0.3 is 0 Å². The van der Waals surface area contributed by atoms with Crippen LogP contribution in [-0.4, -0.2) is 30.3 Å². The van der Waals surface area contributed by atoms with Crippen molar-refractivity contribution in [2.45, 2.75) is 13.8 Å². The van der Waals surface area contributed by atoms with E-state index in [2.05, 4.69) is 10.5 Å². The standard InChI is InChI=1S/C18H18ClN3O5/c1-3-26-16-10-12(9-15(19)17(16)27-4-2)11-20-21-18(23)13-5-7-14(8-6-13)22(24)25/h5-11H,3-4H2,1-2H3,(H,21,23)/b20-11+. The second-order valence-electron chi connectivity index (χ2n) is 5.20. The number of halogens is 1. The van der Waals surface area contributed by atoms with Gasteiger partial charge in [-0.1, -0.05) is 11.6 Å². The molecule has 0 heterocycles. The van der Waals surface area contributed by atoms with E-state index in [1.54, 1.807) is 12.1 Å². The second kappa shape index (κ2) is 9.54. The molecule has 0 fully saturated rings. The first-order chi connectivity index (χ1) is 13.0. The van der Waals surface area contributed by atoms with Gasteiger partial charge in [0.05, 0.1) is 29.4 Å². The Balaban J connectivity index is 2.10. The van der Waals surface area contributed by atoms with Crippen LogP contribution in [0.15, 0.2) is 41.5 Å². The Hall–Kier alpha value is -3.13. The number of amides is 1. The number of hydrogen-bond acceptors (Lipinski definition) is 6. The number of hydrogen-bond donors (Lipinski definition) is 1. The van der Waals surface area contributed by atoms with Crippen LogP contribution in [0.5, 0.6) is 11.5 Å². The van der Waals surface area contributed by atoms with Crippen molar-refractivity contribution in [3.05, 3.63) is 62.7 Å². The number of benzene rings is 2. The van der Waals surface area contributed by atoms with E-state index in [1.807, 2.05) is 13.8 Å². The molecule has 0 aliphatic carbocycles. The molecule has 2 aromatic carbocycles. The quantitative estimate of drug-likeness (QED) is 0.418. The molecule has 0 radical (unpaired) electrons. The largest absolute Gasteiger partial charge is 0.490 e. The van der Waals surface area contributed by atoms with Crippen LogP contribution < -0.4 is 14.9 Å². The van der Waals surface area contributed by atoms with Gasteiger partial charge in [0.2, 0.25) is 0 Å². The summed E-state index contributed by atoms with van der Waals surface area (Å²) >= 11 is 6.22. The van der Waals surface area contributed by atoms with Crippen LogP contribution in [0.3, 0.4) is 0 Å². The molecule has 2 aromatic rings. The van der Waals surface area contributed by atoms with Gasteiger partial charge in [0.1, 0.15) is 0 Å². The fourth-order valence-corrected chi connectivity index (χ4v) is 2.45. The van der Waals surface area contributed by atoms with E-state index in [-0.39, 0.29) is 11.3 Å². The molecule has 9 heteroatoms. The lowest BCUT2D eigenvalue weighted by Crippen LogP contribution is -2.17. The third-order valence-electron chi connectivity index (χ3n) is 3.34. The monoisotopic (exact) mass is 391 g/mol. The van der Waals surface area contributed by atoms with E-state index >= 15 is 0 Å². The number of carbonyl (C=O) groups is 1. The Labute approximate surface area is 160 Å². The molecule has 142 valence electrons. The molecule has 0 saturated heterocycles. The summed E-state index contributed by atoms with van der Waals surface area (Å²) in [5.74, 6) is 0.436. The van der Waals surface area contributed by atoms with Gasteiger partial charge in [0.25, 0.3) is 11.6 Å². The van der Waals surface area contributed by atoms with Crippen molar-refractivity contribution in [2.75, 3.05) is 13.2 Å². The van der Waals surface area contributed by atoms with Gasteiger partial charge in [-0.2, -0.15) is 5.10 Å². The first kappa shape index (κ1) is 20.2. The van der Waals surface area contributed by atoms with Crippen molar-refractivity contribution >= 4 is 29.4 Å². The van der Waals surface area contributed by atoms with E-state index in [0.29, 0.717) is 35.3 Å². The van der Waals surface area contributed by atoms with Gasteiger partial charge in [-0.3, -0.25) is 14.9 Å². The number of hydrazone groups is 1. The normalized spacial score (nSPS) is 10.6. The van der Waals surface area contributed by atoms with E-state index < -0.39 is 10.8 Å². The van der Waals surface area contributed by atoms with E-state index in [9.17, 15) is 14.9 Å². The number of nitro benzene ring substituents is 1. The molecule has 0 aliphatic rings. The summed E-state index contributed by atoms with van der Waals surface area (Å²) in [6, 6.07) is 8.53. The highest BCUT2D eigenvalue weighted by molar-refractivity contribution is 6.32. The summed E-state index contributed by atoms with van der Waals surface area (Å²) in [5, 5.41) is 14.9. The Bertz CT molecular complexity index is 853. The maximum absolute atomic E-state index is 12.0. The topological polar surface area (TPSA) is 103 Å². The molecule has 0 bridgehead atoms. The predicted octanol–water partition coefficient (Wildman–Crippen LogP) is 3.81. The summed E-state index contributed by atoms with van der Waals surface area (Å²) in [5.41, 5.74) is 3.11. The Kier molecular flexibility index (Phi) is 7.13. The van der Waals surface area contributed by atoms with Crippen molar-refractivity contribution in [3.8, 4) is 11.5 Å². The minimum atomic E-state index is -0.536. The molecule has 0 atom stereocenters. The number of nitrogens with zero attached hydrogens (tertiary/aromatic N) is 2. The molecule has 8 nitrogen and oxygen atoms in total. The zero-order valence-electron chi connectivity index (χ0n) is 14.8. The van der Waals surface area contributed by atoms with Crippen molar-refractivity contribution in [2.24, 2.45) is 5.10 Å². The smallest absolute Gasteiger partial charge is 0.271 e. The SMILES string of the molecule is CCOc1cc(/C=N/NC(=O)c2ccc([N+](=O)[O-])cc2)cc(Cl)c1OCC. The van der Waals surface area contributed by atoms with Crippen molar-refractivity contribution < 1.29 is 19.2 Å². The lowest BCUT2D eigenvalue weighted by molar-refractivity contribution is -0.384. The van der Waals surface area contributed by atoms with Crippen LogP contribution in [0.4, 0.5) is 5.69 Å². The molecule has 2 rings (SSSR count). The molecular formula is C18H18ClN3O5. The average molecular weight is 392 g/mol. The highest BCUT2D eigenvalue weighted by Crippen LogP contribution is 2.36. The second-order valence-corrected chi connectivity index (χ2v) is 5.61. The van der Waals surface area contributed by atoms with Gasteiger partial charge in [0, 0.05) is 17.7 Å². The molecule has 27 heavy (non-hydrogen) atoms. The number of nitro groups is 1. The Morgan fingerprint density at radius 2 is 1.89 bits per heavy atom. The predicted molar refractivity (Wildman–Crippen MR) is 102 cm³/mol. The first-order valence-electron chi connectivity index (χ1n) is 8.13. The van der Waals surface area contributed by atoms with Crippen LogP contribution in [0.2, 0.25) is 5.02 Å². The van der Waals surface area contributed by atoms with Crippen molar-refractivity contribution in [3.63, 3.8) is 0 Å². The zero-order valence-corrected chi connectivity index (χ0v) is 15.5. The first-order valence-corrected chi connectivity index (χ1v) is 8.51. The maximum atomic E-state index is 12.0. The van der Waals surface area contributed by atoms with Crippen LogP contribution in [0.1, 0.15) is 29.8 Å². The van der Waals surface area contributed by atoms with E-state index in [4.69, 9.17) is 21.1 Å². The van der Waals surface area contributed by atoms with Gasteiger partial charge in [-0.05, 0) is 43.7 Å². The lowest BCUT2D eigenvalue weighted by Gasteiger charge is -2.13. The van der Waals surface area contributed by atoms with Crippen LogP contribution in [-0.2, 0) is 0 Å². The fraction of sp³-hybridized carbons (Fsp3) is 0.222. The third kappa shape index (κ3) is 5.42. The van der Waals surface area contributed by atoms with Gasteiger partial charge < -0.3 is 9.47 Å². The lowest BCUT2D eigenvalue weighted by atomic mass is 10.2. The van der Waals surface area contributed by atoms with Crippen LogP contribution in [0.25, 0.3) is 0 Å². The highest BCUT2D eigenvalue weighted by Gasteiger charge is 2.12. The maximum Gasteiger partial charge on any atom is 0.271 e. The van der Waals surface area contributed by atoms with Gasteiger partial charge in [-0.15, -0.1) is 0 Å². The van der Waals surface area contributed by atoms with Crippen molar-refractivity contribution in [1.82, 2.24) is 5.43 Å². The average Bonchev–Trinajstić information content (AvgIpc) is 2.64.